The van der Waals surface area contributed by atoms with Crippen molar-refractivity contribution in [3.05, 3.63) is 34.9 Å². The van der Waals surface area contributed by atoms with Gasteiger partial charge in [0, 0.05) is 11.4 Å². The molecule has 0 bridgehead atoms. The maximum atomic E-state index is 10.5. The number of aliphatic carboxylic acids is 1. The van der Waals surface area contributed by atoms with Crippen LogP contribution in [0.15, 0.2) is 29.3 Å². The molecule has 0 saturated carbocycles. The third kappa shape index (κ3) is 3.20. The Labute approximate surface area is 104 Å². The van der Waals surface area contributed by atoms with Gasteiger partial charge in [-0.1, -0.05) is 29.8 Å². The van der Waals surface area contributed by atoms with Crippen LogP contribution in [0.5, 0.6) is 0 Å². The zero-order valence-corrected chi connectivity index (χ0v) is 9.85. The predicted molar refractivity (Wildman–Crippen MR) is 64.6 cm³/mol. The van der Waals surface area contributed by atoms with Gasteiger partial charge in [0.25, 0.3) is 0 Å². The molecule has 2 rings (SSSR count). The minimum Gasteiger partial charge on any atom is -0.481 e. The third-order valence-electron chi connectivity index (χ3n) is 2.48. The summed E-state index contributed by atoms with van der Waals surface area (Å²) < 4.78 is 5.44. The number of carboxylic acid groups (broad SMARTS) is 1. The Balaban J connectivity index is 1.92. The van der Waals surface area contributed by atoms with Crippen molar-refractivity contribution >= 4 is 23.5 Å². The van der Waals surface area contributed by atoms with Gasteiger partial charge in [-0.15, -0.1) is 0 Å². The molecule has 1 unspecified atom stereocenters. The minimum atomic E-state index is -0.929. The van der Waals surface area contributed by atoms with E-state index in [1.165, 1.54) is 0 Å². The van der Waals surface area contributed by atoms with Gasteiger partial charge in [-0.05, 0) is 11.6 Å². The van der Waals surface area contributed by atoms with E-state index in [4.69, 9.17) is 21.4 Å². The van der Waals surface area contributed by atoms with Crippen molar-refractivity contribution in [3.63, 3.8) is 0 Å². The van der Waals surface area contributed by atoms with Crippen molar-refractivity contribution in [2.75, 3.05) is 6.54 Å². The topological polar surface area (TPSA) is 58.9 Å². The molecule has 1 aromatic rings. The molecule has 1 aliphatic rings. The molecule has 0 radical (unpaired) electrons. The largest absolute Gasteiger partial charge is 0.481 e. The predicted octanol–water partition coefficient (Wildman–Crippen LogP) is 2.15. The lowest BCUT2D eigenvalue weighted by atomic mass is 10.1. The smallest absolute Gasteiger partial charge is 0.312 e. The quantitative estimate of drug-likeness (QED) is 0.895. The van der Waals surface area contributed by atoms with Crippen LogP contribution in [0.2, 0.25) is 5.02 Å². The van der Waals surface area contributed by atoms with Crippen LogP contribution in [-0.2, 0) is 16.0 Å². The molecule has 0 amide bonds. The van der Waals surface area contributed by atoms with Crippen molar-refractivity contribution in [3.8, 4) is 0 Å². The molecular formula is C12H12ClNO3. The Morgan fingerprint density at radius 1 is 1.53 bits per heavy atom. The summed E-state index contributed by atoms with van der Waals surface area (Å²) in [5, 5.41) is 9.31. The van der Waals surface area contributed by atoms with Crippen molar-refractivity contribution in [1.82, 2.24) is 0 Å². The van der Waals surface area contributed by atoms with Gasteiger partial charge in [0.05, 0.1) is 6.54 Å². The highest BCUT2D eigenvalue weighted by atomic mass is 35.5. The zero-order chi connectivity index (χ0) is 12.3. The number of aliphatic imine (C=N–C) groups is 1. The number of hydrogen-bond acceptors (Lipinski definition) is 3. The van der Waals surface area contributed by atoms with E-state index in [1.807, 2.05) is 24.3 Å². The molecule has 1 aromatic carbocycles. The molecular weight excluding hydrogens is 242 g/mol. The molecule has 0 aliphatic carbocycles. The van der Waals surface area contributed by atoms with Crippen molar-refractivity contribution in [2.45, 2.75) is 18.9 Å². The number of ether oxygens (including phenoxy) is 1. The number of benzene rings is 1. The van der Waals surface area contributed by atoms with E-state index < -0.39 is 5.97 Å². The molecule has 0 spiro atoms. The Morgan fingerprint density at radius 3 is 3.00 bits per heavy atom. The first-order valence-corrected chi connectivity index (χ1v) is 5.68. The fourth-order valence-electron chi connectivity index (χ4n) is 1.71. The Bertz CT molecular complexity index is 459. The summed E-state index contributed by atoms with van der Waals surface area (Å²) in [5.41, 5.74) is 0.992. The van der Waals surface area contributed by atoms with E-state index in [9.17, 15) is 4.79 Å². The van der Waals surface area contributed by atoms with Crippen LogP contribution in [-0.4, -0.2) is 29.6 Å². The van der Waals surface area contributed by atoms with Crippen molar-refractivity contribution in [2.24, 2.45) is 4.99 Å². The number of halogens is 1. The lowest BCUT2D eigenvalue weighted by molar-refractivity contribution is -0.135. The second kappa shape index (κ2) is 5.19. The van der Waals surface area contributed by atoms with Gasteiger partial charge in [-0.3, -0.25) is 9.79 Å². The fraction of sp³-hybridized carbons (Fsp3) is 0.333. The first-order chi connectivity index (χ1) is 8.15. The number of carboxylic acids is 1. The van der Waals surface area contributed by atoms with E-state index >= 15 is 0 Å². The highest BCUT2D eigenvalue weighted by molar-refractivity contribution is 6.31. The van der Waals surface area contributed by atoms with Gasteiger partial charge in [0.2, 0.25) is 0 Å². The number of carbonyl (C=O) groups is 1. The van der Waals surface area contributed by atoms with Gasteiger partial charge in [-0.25, -0.2) is 0 Å². The Hall–Kier alpha value is -1.55. The summed E-state index contributed by atoms with van der Waals surface area (Å²) in [5.74, 6) is -0.628. The van der Waals surface area contributed by atoms with Crippen LogP contribution in [0.25, 0.3) is 0 Å². The standard InChI is InChI=1S/C12H12ClNO3/c13-10-4-2-1-3-8(10)5-9-7-14-11(17-9)6-12(15)16/h1-4,9H,5-7H2,(H,15,16). The summed E-state index contributed by atoms with van der Waals surface area (Å²) >= 11 is 6.04. The van der Waals surface area contributed by atoms with Crippen LogP contribution in [0.1, 0.15) is 12.0 Å². The first-order valence-electron chi connectivity index (χ1n) is 5.30. The van der Waals surface area contributed by atoms with Gasteiger partial charge >= 0.3 is 5.97 Å². The van der Waals surface area contributed by atoms with Crippen LogP contribution < -0.4 is 0 Å². The highest BCUT2D eigenvalue weighted by Gasteiger charge is 2.22. The zero-order valence-electron chi connectivity index (χ0n) is 9.10. The number of hydrogen-bond donors (Lipinski definition) is 1. The molecule has 1 N–H and O–H groups in total. The molecule has 90 valence electrons. The minimum absolute atomic E-state index is 0.107. The second-order valence-electron chi connectivity index (χ2n) is 3.84. The second-order valence-corrected chi connectivity index (χ2v) is 4.25. The summed E-state index contributed by atoms with van der Waals surface area (Å²) in [6.07, 6.45) is 0.384. The van der Waals surface area contributed by atoms with Crippen LogP contribution >= 0.6 is 11.6 Å². The average molecular weight is 254 g/mol. The molecule has 4 nitrogen and oxygen atoms in total. The molecule has 1 atom stereocenters. The SMILES string of the molecule is O=C(O)CC1=NCC(Cc2ccccc2Cl)O1. The monoisotopic (exact) mass is 253 g/mol. The van der Waals surface area contributed by atoms with Gasteiger partial charge in [0.1, 0.15) is 12.5 Å². The summed E-state index contributed by atoms with van der Waals surface area (Å²) in [6, 6.07) is 7.54. The maximum absolute atomic E-state index is 10.5. The van der Waals surface area contributed by atoms with E-state index in [0.29, 0.717) is 23.9 Å². The molecule has 17 heavy (non-hydrogen) atoms. The van der Waals surface area contributed by atoms with Crippen molar-refractivity contribution < 1.29 is 14.6 Å². The number of nitrogens with zero attached hydrogens (tertiary/aromatic N) is 1. The molecule has 5 heteroatoms. The Kier molecular flexibility index (Phi) is 3.64. The molecule has 0 saturated heterocycles. The lowest BCUT2D eigenvalue weighted by Gasteiger charge is -2.11. The lowest BCUT2D eigenvalue weighted by Crippen LogP contribution is -2.17. The van der Waals surface area contributed by atoms with E-state index in [1.54, 1.807) is 0 Å². The summed E-state index contributed by atoms with van der Waals surface area (Å²) in [7, 11) is 0. The van der Waals surface area contributed by atoms with Crippen LogP contribution in [0.3, 0.4) is 0 Å². The molecule has 1 aliphatic heterocycles. The van der Waals surface area contributed by atoms with Crippen LogP contribution in [0.4, 0.5) is 0 Å². The average Bonchev–Trinajstić information content (AvgIpc) is 2.68. The van der Waals surface area contributed by atoms with Crippen molar-refractivity contribution in [1.29, 1.82) is 0 Å². The summed E-state index contributed by atoms with van der Waals surface area (Å²) in [6.45, 7) is 0.494. The van der Waals surface area contributed by atoms with E-state index in [2.05, 4.69) is 4.99 Å². The third-order valence-corrected chi connectivity index (χ3v) is 2.85. The number of rotatable bonds is 4. The van der Waals surface area contributed by atoms with Gasteiger partial charge in [-0.2, -0.15) is 0 Å². The fourth-order valence-corrected chi connectivity index (χ4v) is 1.93. The summed E-state index contributed by atoms with van der Waals surface area (Å²) in [4.78, 5) is 14.5. The van der Waals surface area contributed by atoms with Gasteiger partial charge in [0.15, 0.2) is 5.90 Å². The molecule has 0 aromatic heterocycles. The highest BCUT2D eigenvalue weighted by Crippen LogP contribution is 2.20. The first kappa shape index (κ1) is 11.9. The normalized spacial score (nSPS) is 18.6. The Morgan fingerprint density at radius 2 is 2.29 bits per heavy atom. The van der Waals surface area contributed by atoms with Gasteiger partial charge < -0.3 is 9.84 Å². The molecule has 0 fully saturated rings. The van der Waals surface area contributed by atoms with E-state index in [0.717, 1.165) is 5.56 Å². The molecule has 1 heterocycles. The van der Waals surface area contributed by atoms with Crippen LogP contribution in [0, 0.1) is 0 Å². The van der Waals surface area contributed by atoms with E-state index in [-0.39, 0.29) is 12.5 Å². The maximum Gasteiger partial charge on any atom is 0.312 e.